The van der Waals surface area contributed by atoms with Gasteiger partial charge in [0.2, 0.25) is 0 Å². The Kier molecular flexibility index (Phi) is 14.0. The SMILES string of the molecule is C[C-]1C2=C3Cc4ccccc4C3=C3C=CCCC3C2(C)C(C)(C)C(C)(C)C1(C)C.[Br-].[Br-].[Zr+2]=[C](Cc1ccccc1)Cc1ccccc1.c1cc[cH-]c1. The van der Waals surface area contributed by atoms with Crippen LogP contribution in [0.4, 0.5) is 0 Å². The van der Waals surface area contributed by atoms with Crippen molar-refractivity contribution in [3.8, 4) is 0 Å². The maximum atomic E-state index is 2.62. The molecule has 4 aromatic carbocycles. The van der Waals surface area contributed by atoms with Crippen molar-refractivity contribution in [2.24, 2.45) is 27.6 Å². The number of allylic oxidation sites excluding steroid dienone is 6. The predicted octanol–water partition coefficient (Wildman–Crippen LogP) is 6.57. The Bertz CT molecular complexity index is 1830. The van der Waals surface area contributed by atoms with Crippen molar-refractivity contribution in [2.75, 3.05) is 0 Å². The molecule has 0 aliphatic heterocycles. The molecule has 2 atom stereocenters. The van der Waals surface area contributed by atoms with Crippen LogP contribution in [0.15, 0.2) is 144 Å². The topological polar surface area (TPSA) is 0 Å². The molecule has 0 aromatic heterocycles. The van der Waals surface area contributed by atoms with Crippen LogP contribution >= 0.6 is 0 Å². The van der Waals surface area contributed by atoms with Crippen LogP contribution in [-0.2, 0) is 43.5 Å². The average molecular weight is 896 g/mol. The van der Waals surface area contributed by atoms with Gasteiger partial charge in [0, 0.05) is 0 Å². The summed E-state index contributed by atoms with van der Waals surface area (Å²) in [5, 5.41) is 0. The summed E-state index contributed by atoms with van der Waals surface area (Å²) in [6, 6.07) is 40.6. The molecule has 4 aliphatic carbocycles. The van der Waals surface area contributed by atoms with Gasteiger partial charge in [0.25, 0.3) is 0 Å². The van der Waals surface area contributed by atoms with Crippen molar-refractivity contribution in [3.63, 3.8) is 0 Å². The second-order valence-electron chi connectivity index (χ2n) is 16.6. The second-order valence-corrected chi connectivity index (χ2v) is 18.4. The van der Waals surface area contributed by atoms with Gasteiger partial charge in [-0.05, 0) is 40.6 Å². The zero-order chi connectivity index (χ0) is 35.7. The summed E-state index contributed by atoms with van der Waals surface area (Å²) in [4.78, 5) is 0. The Morgan fingerprint density at radius 1 is 0.731 bits per heavy atom. The van der Waals surface area contributed by atoms with Crippen molar-refractivity contribution in [1.82, 2.24) is 0 Å². The van der Waals surface area contributed by atoms with E-state index in [1.165, 1.54) is 35.1 Å². The summed E-state index contributed by atoms with van der Waals surface area (Å²) in [5.74, 6) is 2.24. The smallest absolute Gasteiger partial charge is 0.172 e. The van der Waals surface area contributed by atoms with E-state index >= 15 is 0 Å². The predicted molar refractivity (Wildman–Crippen MR) is 212 cm³/mol. The summed E-state index contributed by atoms with van der Waals surface area (Å²) >= 11 is 1.55. The molecule has 4 aliphatic rings. The molecule has 1 saturated carbocycles. The summed E-state index contributed by atoms with van der Waals surface area (Å²) in [7, 11) is 0. The van der Waals surface area contributed by atoms with Crippen LogP contribution in [0.5, 0.6) is 0 Å². The largest absolute Gasteiger partial charge is 0.214 e. The Hall–Kier alpha value is -2.19. The van der Waals surface area contributed by atoms with Crippen molar-refractivity contribution in [3.05, 3.63) is 172 Å². The number of fused-ring (bicyclic) bond motifs is 6. The molecule has 0 N–H and O–H groups in total. The first-order valence-corrected chi connectivity index (χ1v) is 19.9. The Morgan fingerprint density at radius 3 is 1.81 bits per heavy atom. The molecule has 0 amide bonds. The van der Waals surface area contributed by atoms with E-state index in [2.05, 4.69) is 152 Å². The minimum Gasteiger partial charge on any atom is -0.214 e. The van der Waals surface area contributed by atoms with Gasteiger partial charge in [0.05, 0.1) is 0 Å². The monoisotopic (exact) mass is 892 g/mol. The maximum Gasteiger partial charge on any atom is -0.172 e. The Balaban J connectivity index is 0.000000221. The van der Waals surface area contributed by atoms with Gasteiger partial charge in [-0.1, -0.05) is 113 Å². The fraction of sp³-hybridized carbons (Fsp3) is 0.367. The molecule has 0 saturated heterocycles. The van der Waals surface area contributed by atoms with Gasteiger partial charge in [-0.3, -0.25) is 0 Å². The van der Waals surface area contributed by atoms with E-state index in [-0.39, 0.29) is 55.6 Å². The Morgan fingerprint density at radius 2 is 1.27 bits per heavy atom. The fourth-order valence-electron chi connectivity index (χ4n) is 9.64. The zero-order valence-corrected chi connectivity index (χ0v) is 38.1. The number of hydrogen-bond donors (Lipinski definition) is 0. The Labute approximate surface area is 351 Å². The van der Waals surface area contributed by atoms with Gasteiger partial charge in [-0.2, -0.15) is 29.3 Å². The third kappa shape index (κ3) is 7.55. The first kappa shape index (κ1) is 42.6. The first-order valence-electron chi connectivity index (χ1n) is 18.7. The van der Waals surface area contributed by atoms with Gasteiger partial charge in [0.1, 0.15) is 0 Å². The van der Waals surface area contributed by atoms with Gasteiger partial charge >= 0.3 is 112 Å². The van der Waals surface area contributed by atoms with Crippen LogP contribution in [0, 0.1) is 33.5 Å². The summed E-state index contributed by atoms with van der Waals surface area (Å²) in [5.41, 5.74) is 13.1. The summed E-state index contributed by atoms with van der Waals surface area (Å²) < 4.78 is 1.60. The van der Waals surface area contributed by atoms with Crippen LogP contribution in [0.3, 0.4) is 0 Å². The molecule has 0 radical (unpaired) electrons. The quantitative estimate of drug-likeness (QED) is 0.204. The van der Waals surface area contributed by atoms with Gasteiger partial charge in [-0.25, -0.2) is 18.1 Å². The van der Waals surface area contributed by atoms with Gasteiger partial charge in [-0.15, -0.1) is 6.92 Å². The van der Waals surface area contributed by atoms with Crippen LogP contribution in [0.2, 0.25) is 0 Å². The molecule has 0 bridgehead atoms. The standard InChI is InChI=1S/C29H37.C15H14.C5H5.2BrH.Zr/c1-18-25-22-17-19-13-9-10-14-20(19)24(22)21-15-11-12-16-23(21)29(25,8)28(6,7)27(4,5)26(18,2)3;1-3-8-14(9-4-1)12-7-13-15-10-5-2-6-11-15;1-2-4-5-3-1;;;/h9-11,13-15,23H,12,16-17H2,1-8H3;1-6,8-11H,12-13H2;1-5H;2*1H;/q-1;;-1;;;+2/p-2. The van der Waals surface area contributed by atoms with E-state index in [0.29, 0.717) is 5.92 Å². The molecule has 1 fully saturated rings. The van der Waals surface area contributed by atoms with Gasteiger partial charge < -0.3 is 34.0 Å². The minimum absolute atomic E-state index is 0. The third-order valence-corrected chi connectivity index (χ3v) is 14.7. The van der Waals surface area contributed by atoms with Crippen LogP contribution in [0.1, 0.15) is 90.5 Å². The number of halogens is 2. The maximum absolute atomic E-state index is 2.62. The summed E-state index contributed by atoms with van der Waals surface area (Å²) in [6.45, 7) is 20.3. The van der Waals surface area contributed by atoms with Crippen molar-refractivity contribution >= 4 is 8.78 Å². The molecule has 0 spiro atoms. The molecule has 4 aromatic rings. The molecular formula is C49H56Br2Zr-2. The fourth-order valence-corrected chi connectivity index (χ4v) is 10.6. The molecule has 8 rings (SSSR count). The van der Waals surface area contributed by atoms with E-state index in [4.69, 9.17) is 0 Å². The third-order valence-electron chi connectivity index (χ3n) is 13.9. The number of hydrogen-bond acceptors (Lipinski definition) is 0. The first-order chi connectivity index (χ1) is 23.8. The summed E-state index contributed by atoms with van der Waals surface area (Å²) in [6.07, 6.45) is 10.7. The van der Waals surface area contributed by atoms with E-state index < -0.39 is 0 Å². The van der Waals surface area contributed by atoms with E-state index in [9.17, 15) is 0 Å². The average Bonchev–Trinajstić information content (AvgIpc) is 3.81. The minimum atomic E-state index is 0. The number of rotatable bonds is 4. The van der Waals surface area contributed by atoms with Crippen LogP contribution in [0.25, 0.3) is 5.57 Å². The van der Waals surface area contributed by atoms with E-state index in [1.807, 2.05) is 30.3 Å². The normalized spacial score (nSPS) is 22.4. The van der Waals surface area contributed by atoms with E-state index in [1.54, 1.807) is 55.7 Å². The van der Waals surface area contributed by atoms with Crippen LogP contribution < -0.4 is 34.0 Å². The van der Waals surface area contributed by atoms with Gasteiger partial charge in [0.15, 0.2) is 0 Å². The molecule has 0 heterocycles. The molecule has 272 valence electrons. The molecule has 52 heavy (non-hydrogen) atoms. The van der Waals surface area contributed by atoms with Crippen molar-refractivity contribution in [2.45, 2.75) is 87.5 Å². The molecule has 3 heteroatoms. The van der Waals surface area contributed by atoms with Crippen molar-refractivity contribution < 1.29 is 58.2 Å². The van der Waals surface area contributed by atoms with E-state index in [0.717, 1.165) is 19.3 Å². The molecule has 2 unspecified atom stereocenters. The molecular weight excluding hydrogens is 840 g/mol. The molecule has 0 nitrogen and oxygen atoms in total. The van der Waals surface area contributed by atoms with Crippen molar-refractivity contribution in [1.29, 1.82) is 0 Å². The van der Waals surface area contributed by atoms with Crippen LogP contribution in [-0.4, -0.2) is 3.21 Å². The zero-order valence-electron chi connectivity index (χ0n) is 32.5. The second kappa shape index (κ2) is 17.1. The number of benzene rings is 3.